The van der Waals surface area contributed by atoms with Crippen molar-refractivity contribution in [1.29, 1.82) is 0 Å². The van der Waals surface area contributed by atoms with Crippen LogP contribution in [0.5, 0.6) is 0 Å². The molecule has 16 heavy (non-hydrogen) atoms. The van der Waals surface area contributed by atoms with Crippen molar-refractivity contribution < 1.29 is 29.7 Å². The summed E-state index contributed by atoms with van der Waals surface area (Å²) in [6.07, 6.45) is 3.50. The van der Waals surface area contributed by atoms with Gasteiger partial charge in [0, 0.05) is 0 Å². The molecule has 0 saturated carbocycles. The fourth-order valence-electron chi connectivity index (χ4n) is 1.80. The second-order valence-electron chi connectivity index (χ2n) is 3.62. The molecule has 0 bridgehead atoms. The second-order valence-corrected chi connectivity index (χ2v) is 3.62. The molecule has 0 aliphatic carbocycles. The minimum absolute atomic E-state index is 0. The van der Waals surface area contributed by atoms with Crippen molar-refractivity contribution in [2.75, 3.05) is 6.54 Å². The molecule has 0 amide bonds. The van der Waals surface area contributed by atoms with Crippen molar-refractivity contribution in [3.05, 3.63) is 34.9 Å². The summed E-state index contributed by atoms with van der Waals surface area (Å²) in [5.74, 6) is 0. The molecule has 2 heteroatoms. The maximum absolute atomic E-state index is 3.49. The third-order valence-corrected chi connectivity index (χ3v) is 2.49. The average molecular weight is 335 g/mol. The number of hydrogen-bond acceptors (Lipinski definition) is 0. The van der Waals surface area contributed by atoms with Gasteiger partial charge in [0.25, 0.3) is 0 Å². The number of benzene rings is 1. The van der Waals surface area contributed by atoms with Crippen LogP contribution in [0.15, 0.2) is 18.2 Å². The van der Waals surface area contributed by atoms with Gasteiger partial charge in [0.2, 0.25) is 0 Å². The molecule has 0 spiro atoms. The van der Waals surface area contributed by atoms with E-state index in [1.165, 1.54) is 17.5 Å². The maximum Gasteiger partial charge on any atom is 0.0711 e. The first-order chi connectivity index (χ1) is 7.24. The quantitative estimate of drug-likeness (QED) is 0.730. The molecule has 0 radical (unpaired) electrons. The summed E-state index contributed by atoms with van der Waals surface area (Å²) in [6.45, 7) is 9.72. The Kier molecular flexibility index (Phi) is 13.0. The Balaban J connectivity index is 0. The van der Waals surface area contributed by atoms with Gasteiger partial charge >= 0.3 is 0 Å². The Morgan fingerprint density at radius 3 is 1.50 bits per heavy atom. The smallest absolute Gasteiger partial charge is 0.0711 e. The van der Waals surface area contributed by atoms with E-state index in [2.05, 4.69) is 44.7 Å². The van der Waals surface area contributed by atoms with Gasteiger partial charge in [-0.3, -0.25) is 0 Å². The fourth-order valence-corrected chi connectivity index (χ4v) is 1.80. The number of quaternary nitrogens is 1. The first kappa shape index (κ1) is 18.3. The summed E-state index contributed by atoms with van der Waals surface area (Å²) in [4.78, 5) is 0. The van der Waals surface area contributed by atoms with Crippen molar-refractivity contribution in [2.45, 2.75) is 47.0 Å². The van der Waals surface area contributed by atoms with E-state index in [0.29, 0.717) is 0 Å². The summed E-state index contributed by atoms with van der Waals surface area (Å²) < 4.78 is 0. The van der Waals surface area contributed by atoms with Crippen molar-refractivity contribution in [1.82, 2.24) is 0 Å². The number of rotatable bonds is 3. The van der Waals surface area contributed by atoms with Gasteiger partial charge in [0.1, 0.15) is 0 Å². The molecule has 0 heterocycles. The van der Waals surface area contributed by atoms with Crippen LogP contribution in [-0.4, -0.2) is 6.54 Å². The van der Waals surface area contributed by atoms with E-state index in [1.54, 1.807) is 5.56 Å². The summed E-state index contributed by atoms with van der Waals surface area (Å²) in [7, 11) is 0. The zero-order valence-electron chi connectivity index (χ0n) is 11.1. The first-order valence-corrected chi connectivity index (χ1v) is 6.13. The topological polar surface area (TPSA) is 27.6 Å². The molecule has 1 nitrogen and oxygen atoms in total. The molecule has 0 aliphatic heterocycles. The van der Waals surface area contributed by atoms with Crippen LogP contribution in [0.1, 0.15) is 44.4 Å². The van der Waals surface area contributed by atoms with Crippen LogP contribution < -0.4 is 29.7 Å². The van der Waals surface area contributed by atoms with Crippen molar-refractivity contribution in [2.24, 2.45) is 0 Å². The van der Waals surface area contributed by atoms with Gasteiger partial charge in [-0.15, -0.1) is 0 Å². The van der Waals surface area contributed by atoms with Gasteiger partial charge in [-0.1, -0.05) is 39.0 Å². The fraction of sp³-hybridized carbons (Fsp3) is 0.571. The third kappa shape index (κ3) is 5.85. The minimum Gasteiger partial charge on any atom is -1.00 e. The lowest BCUT2D eigenvalue weighted by atomic mass is 9.96. The van der Waals surface area contributed by atoms with Crippen molar-refractivity contribution >= 4 is 0 Å². The lowest BCUT2D eigenvalue weighted by Gasteiger charge is -2.10. The van der Waals surface area contributed by atoms with Crippen LogP contribution in [0.3, 0.4) is 0 Å². The van der Waals surface area contributed by atoms with Crippen LogP contribution in [0.25, 0.3) is 0 Å². The Morgan fingerprint density at radius 1 is 0.875 bits per heavy atom. The molecular weight excluding hydrogens is 309 g/mol. The molecule has 0 aromatic heterocycles. The van der Waals surface area contributed by atoms with Gasteiger partial charge < -0.3 is 29.7 Å². The Labute approximate surface area is 118 Å². The normalized spacial score (nSPS) is 8.81. The van der Waals surface area contributed by atoms with E-state index in [0.717, 1.165) is 19.4 Å². The highest BCUT2D eigenvalue weighted by Crippen LogP contribution is 2.16. The predicted octanol–water partition coefficient (Wildman–Crippen LogP) is -0.374. The van der Waals surface area contributed by atoms with Gasteiger partial charge in [0.05, 0.1) is 6.54 Å². The largest absolute Gasteiger partial charge is 1.00 e. The predicted molar refractivity (Wildman–Crippen MR) is 68.0 cm³/mol. The molecule has 0 atom stereocenters. The van der Waals surface area contributed by atoms with Gasteiger partial charge in [0.15, 0.2) is 0 Å². The second kappa shape index (κ2) is 11.4. The van der Waals surface area contributed by atoms with Gasteiger partial charge in [-0.2, -0.15) is 0 Å². The number of halogens is 1. The van der Waals surface area contributed by atoms with Gasteiger partial charge in [-0.05, 0) is 42.9 Å². The molecule has 0 unspecified atom stereocenters. The maximum atomic E-state index is 3.49. The van der Waals surface area contributed by atoms with E-state index in [-0.39, 0.29) is 24.0 Å². The summed E-state index contributed by atoms with van der Waals surface area (Å²) in [6, 6.07) is 6.67. The van der Waals surface area contributed by atoms with Crippen LogP contribution in [0, 0.1) is 0 Å². The van der Waals surface area contributed by atoms with Crippen LogP contribution in [-0.2, 0) is 19.3 Å². The SMILES string of the molecule is CC[NH3+].CCc1cccc(CC)c1CC.[I-]. The molecular formula is C14H26IN. The Bertz CT molecular complexity index is 249. The van der Waals surface area contributed by atoms with Crippen LogP contribution in [0.4, 0.5) is 0 Å². The summed E-state index contributed by atoms with van der Waals surface area (Å²) in [5.41, 5.74) is 8.11. The summed E-state index contributed by atoms with van der Waals surface area (Å²) in [5, 5.41) is 0. The monoisotopic (exact) mass is 335 g/mol. The van der Waals surface area contributed by atoms with Crippen LogP contribution >= 0.6 is 0 Å². The summed E-state index contributed by atoms with van der Waals surface area (Å²) >= 11 is 0. The van der Waals surface area contributed by atoms with Crippen molar-refractivity contribution in [3.8, 4) is 0 Å². The highest BCUT2D eigenvalue weighted by Gasteiger charge is 2.02. The zero-order valence-corrected chi connectivity index (χ0v) is 13.3. The van der Waals surface area contributed by atoms with Gasteiger partial charge in [-0.25, -0.2) is 0 Å². The van der Waals surface area contributed by atoms with E-state index in [4.69, 9.17) is 0 Å². The molecule has 0 saturated heterocycles. The van der Waals surface area contributed by atoms with E-state index < -0.39 is 0 Å². The molecule has 3 N–H and O–H groups in total. The van der Waals surface area contributed by atoms with Crippen molar-refractivity contribution in [3.63, 3.8) is 0 Å². The molecule has 1 aromatic carbocycles. The standard InChI is InChI=1S/C12H18.C2H7N.HI/c1-4-10-8-7-9-11(5-2)12(10)6-3;1-2-3;/h7-9H,4-6H2,1-3H3;2-3H2,1H3;1H. The first-order valence-electron chi connectivity index (χ1n) is 6.13. The highest BCUT2D eigenvalue weighted by atomic mass is 127. The minimum atomic E-state index is 0. The number of aryl methyl sites for hydroxylation is 2. The Hall–Kier alpha value is -0.0900. The zero-order chi connectivity index (χ0) is 11.7. The lowest BCUT2D eigenvalue weighted by Crippen LogP contribution is -3.00. The molecule has 0 fully saturated rings. The van der Waals surface area contributed by atoms with Crippen LogP contribution in [0.2, 0.25) is 0 Å². The molecule has 0 aliphatic rings. The van der Waals surface area contributed by atoms with E-state index >= 15 is 0 Å². The molecule has 1 rings (SSSR count). The Morgan fingerprint density at radius 2 is 1.25 bits per heavy atom. The lowest BCUT2D eigenvalue weighted by molar-refractivity contribution is -0.361. The highest BCUT2D eigenvalue weighted by molar-refractivity contribution is 5.35. The third-order valence-electron chi connectivity index (χ3n) is 2.49. The van der Waals surface area contributed by atoms with E-state index in [1.807, 2.05) is 6.92 Å². The molecule has 1 aromatic rings. The average Bonchev–Trinajstić information content (AvgIpc) is 2.28. The number of hydrogen-bond donors (Lipinski definition) is 1. The molecule has 94 valence electrons. The van der Waals surface area contributed by atoms with E-state index in [9.17, 15) is 0 Å².